The van der Waals surface area contributed by atoms with E-state index < -0.39 is 5.54 Å². The van der Waals surface area contributed by atoms with Crippen LogP contribution in [0.3, 0.4) is 0 Å². The first-order valence-electron chi connectivity index (χ1n) is 7.42. The Balaban J connectivity index is 0.00000192. The Morgan fingerprint density at radius 2 is 1.87 bits per heavy atom. The number of nitrogens with one attached hydrogen (secondary N) is 1. The van der Waals surface area contributed by atoms with E-state index in [0.29, 0.717) is 0 Å². The quantitative estimate of drug-likeness (QED) is 0.829. The Bertz CT molecular complexity index is 700. The van der Waals surface area contributed by atoms with Gasteiger partial charge in [-0.1, -0.05) is 52.3 Å². The number of carbonyl (C=O) groups excluding carboxylic acids is 1. The number of rotatable bonds is 3. The highest BCUT2D eigenvalue weighted by atomic mass is 79.9. The lowest BCUT2D eigenvalue weighted by atomic mass is 9.91. The highest BCUT2D eigenvalue weighted by Gasteiger charge is 2.33. The zero-order valence-electron chi connectivity index (χ0n) is 12.9. The third-order valence-electron chi connectivity index (χ3n) is 4.35. The molecule has 0 saturated carbocycles. The molecule has 0 heterocycles. The monoisotopic (exact) mass is 394 g/mol. The normalized spacial score (nSPS) is 18.5. The second kappa shape index (κ2) is 7.04. The maximum atomic E-state index is 12.7. The lowest BCUT2D eigenvalue weighted by Crippen LogP contribution is -2.49. The van der Waals surface area contributed by atoms with Gasteiger partial charge < -0.3 is 11.1 Å². The second-order valence-corrected chi connectivity index (χ2v) is 6.89. The van der Waals surface area contributed by atoms with Crippen molar-refractivity contribution in [1.82, 2.24) is 5.32 Å². The van der Waals surface area contributed by atoms with Gasteiger partial charge in [-0.25, -0.2) is 0 Å². The molecule has 3 rings (SSSR count). The summed E-state index contributed by atoms with van der Waals surface area (Å²) in [5.74, 6) is -0.142. The molecule has 3 nitrogen and oxygen atoms in total. The molecule has 3 N–H and O–H groups in total. The fourth-order valence-corrected chi connectivity index (χ4v) is 3.21. The first-order valence-corrected chi connectivity index (χ1v) is 8.21. The predicted octanol–water partition coefficient (Wildman–Crippen LogP) is 3.85. The van der Waals surface area contributed by atoms with Gasteiger partial charge in [0.25, 0.3) is 0 Å². The largest absolute Gasteiger partial charge is 0.347 e. The molecule has 5 heteroatoms. The molecule has 1 aliphatic rings. The first-order chi connectivity index (χ1) is 10.5. The van der Waals surface area contributed by atoms with Crippen LogP contribution in [0.2, 0.25) is 0 Å². The van der Waals surface area contributed by atoms with Crippen LogP contribution in [0.1, 0.15) is 36.1 Å². The van der Waals surface area contributed by atoms with Crippen molar-refractivity contribution in [3.05, 3.63) is 69.7 Å². The number of carbonyl (C=O) groups is 1. The topological polar surface area (TPSA) is 55.1 Å². The van der Waals surface area contributed by atoms with Gasteiger partial charge in [-0.3, -0.25) is 4.79 Å². The van der Waals surface area contributed by atoms with Gasteiger partial charge in [0, 0.05) is 4.47 Å². The van der Waals surface area contributed by atoms with E-state index >= 15 is 0 Å². The molecule has 0 saturated heterocycles. The van der Waals surface area contributed by atoms with E-state index in [1.807, 2.05) is 36.4 Å². The average Bonchev–Trinajstić information content (AvgIpc) is 2.91. The second-order valence-electron chi connectivity index (χ2n) is 5.97. The summed E-state index contributed by atoms with van der Waals surface area (Å²) in [6, 6.07) is 15.9. The van der Waals surface area contributed by atoms with Gasteiger partial charge in [-0.2, -0.15) is 0 Å². The predicted molar refractivity (Wildman–Crippen MR) is 98.6 cm³/mol. The van der Waals surface area contributed by atoms with Gasteiger partial charge in [-0.05, 0) is 48.6 Å². The van der Waals surface area contributed by atoms with E-state index in [0.717, 1.165) is 22.9 Å². The van der Waals surface area contributed by atoms with Crippen LogP contribution in [0.15, 0.2) is 53.0 Å². The molecule has 0 aromatic heterocycles. The summed E-state index contributed by atoms with van der Waals surface area (Å²) >= 11 is 3.40. The van der Waals surface area contributed by atoms with Crippen molar-refractivity contribution in [2.75, 3.05) is 0 Å². The molecule has 23 heavy (non-hydrogen) atoms. The minimum absolute atomic E-state index is 0. The van der Waals surface area contributed by atoms with Crippen LogP contribution in [0.4, 0.5) is 0 Å². The summed E-state index contributed by atoms with van der Waals surface area (Å²) in [5, 5.41) is 3.11. The third kappa shape index (κ3) is 3.60. The molecular weight excluding hydrogens is 376 g/mol. The van der Waals surface area contributed by atoms with Crippen molar-refractivity contribution in [2.45, 2.75) is 31.3 Å². The number of fused-ring (bicyclic) bond motifs is 1. The van der Waals surface area contributed by atoms with Gasteiger partial charge in [0.05, 0.1) is 6.04 Å². The Morgan fingerprint density at radius 3 is 2.57 bits per heavy atom. The zero-order valence-corrected chi connectivity index (χ0v) is 15.3. The molecule has 0 fully saturated rings. The fraction of sp³-hybridized carbons (Fsp3) is 0.278. The summed E-state index contributed by atoms with van der Waals surface area (Å²) in [6.07, 6.45) is 1.93. The number of amides is 1. The first kappa shape index (κ1) is 18.0. The molecule has 122 valence electrons. The molecule has 2 atom stereocenters. The molecule has 0 radical (unpaired) electrons. The van der Waals surface area contributed by atoms with Crippen LogP contribution in [-0.4, -0.2) is 5.91 Å². The summed E-state index contributed by atoms with van der Waals surface area (Å²) in [4.78, 5) is 12.7. The number of hydrogen-bond acceptors (Lipinski definition) is 2. The van der Waals surface area contributed by atoms with Crippen LogP contribution in [0.25, 0.3) is 0 Å². The number of hydrogen-bond donors (Lipinski definition) is 2. The molecule has 2 unspecified atom stereocenters. The molecule has 2 aromatic rings. The maximum absolute atomic E-state index is 12.7. The summed E-state index contributed by atoms with van der Waals surface area (Å²) < 4.78 is 0.970. The lowest BCUT2D eigenvalue weighted by Gasteiger charge is -2.26. The van der Waals surface area contributed by atoms with Gasteiger partial charge in [0.1, 0.15) is 5.54 Å². The molecular formula is C18H20BrClN2O. The lowest BCUT2D eigenvalue weighted by molar-refractivity contribution is -0.126. The minimum atomic E-state index is -1.04. The Hall–Kier alpha value is -1.36. The average molecular weight is 396 g/mol. The van der Waals surface area contributed by atoms with Crippen molar-refractivity contribution in [3.8, 4) is 0 Å². The third-order valence-corrected chi connectivity index (χ3v) is 4.88. The van der Waals surface area contributed by atoms with Crippen molar-refractivity contribution in [1.29, 1.82) is 0 Å². The highest BCUT2D eigenvalue weighted by molar-refractivity contribution is 9.10. The zero-order chi connectivity index (χ0) is 15.7. The van der Waals surface area contributed by atoms with E-state index in [4.69, 9.17) is 5.73 Å². The van der Waals surface area contributed by atoms with Crippen LogP contribution >= 0.6 is 28.3 Å². The van der Waals surface area contributed by atoms with Crippen molar-refractivity contribution >= 4 is 34.2 Å². The maximum Gasteiger partial charge on any atom is 0.244 e. The standard InChI is InChI=1S/C18H19BrN2O.ClH/c1-18(20,13-7-9-14(19)10-8-13)17(22)21-16-11-6-12-4-2-3-5-15(12)16;/h2-5,7-10,16H,6,11,20H2,1H3,(H,21,22);1H. The van der Waals surface area contributed by atoms with Crippen molar-refractivity contribution < 1.29 is 4.79 Å². The molecule has 1 amide bonds. The van der Waals surface area contributed by atoms with Crippen LogP contribution in [0.5, 0.6) is 0 Å². The highest BCUT2D eigenvalue weighted by Crippen LogP contribution is 2.31. The van der Waals surface area contributed by atoms with Crippen LogP contribution in [-0.2, 0) is 16.8 Å². The smallest absolute Gasteiger partial charge is 0.244 e. The Labute approximate surface area is 151 Å². The van der Waals surface area contributed by atoms with Crippen LogP contribution in [0, 0.1) is 0 Å². The van der Waals surface area contributed by atoms with Crippen molar-refractivity contribution in [2.24, 2.45) is 5.73 Å². The molecule has 2 aromatic carbocycles. The molecule has 0 spiro atoms. The van der Waals surface area contributed by atoms with Gasteiger partial charge in [0.15, 0.2) is 0 Å². The van der Waals surface area contributed by atoms with E-state index in [-0.39, 0.29) is 24.4 Å². The summed E-state index contributed by atoms with van der Waals surface area (Å²) in [6.45, 7) is 1.76. The number of aryl methyl sites for hydroxylation is 1. The summed E-state index contributed by atoms with van der Waals surface area (Å²) in [5.41, 5.74) is 8.59. The summed E-state index contributed by atoms with van der Waals surface area (Å²) in [7, 11) is 0. The van der Waals surface area contributed by atoms with Gasteiger partial charge in [0.2, 0.25) is 5.91 Å². The fourth-order valence-electron chi connectivity index (χ4n) is 2.94. The van der Waals surface area contributed by atoms with Crippen LogP contribution < -0.4 is 11.1 Å². The number of benzene rings is 2. The Morgan fingerprint density at radius 1 is 1.22 bits per heavy atom. The Kier molecular flexibility index (Phi) is 5.50. The van der Waals surface area contributed by atoms with Gasteiger partial charge >= 0.3 is 0 Å². The van der Waals surface area contributed by atoms with Gasteiger partial charge in [-0.15, -0.1) is 12.4 Å². The molecule has 0 bridgehead atoms. The SMILES string of the molecule is CC(N)(C(=O)NC1CCc2ccccc21)c1ccc(Br)cc1.Cl. The number of halogens is 2. The van der Waals surface area contributed by atoms with E-state index in [9.17, 15) is 4.79 Å². The minimum Gasteiger partial charge on any atom is -0.347 e. The van der Waals surface area contributed by atoms with E-state index in [2.05, 4.69) is 33.4 Å². The number of nitrogens with two attached hydrogens (primary N) is 1. The van der Waals surface area contributed by atoms with E-state index in [1.165, 1.54) is 11.1 Å². The van der Waals surface area contributed by atoms with Crippen molar-refractivity contribution in [3.63, 3.8) is 0 Å². The van der Waals surface area contributed by atoms with E-state index in [1.54, 1.807) is 6.92 Å². The molecule has 1 aliphatic carbocycles. The molecule has 0 aliphatic heterocycles.